The summed E-state index contributed by atoms with van der Waals surface area (Å²) in [5.41, 5.74) is 10.8. The molecule has 0 unspecified atom stereocenters. The second-order valence-corrected chi connectivity index (χ2v) is 14.3. The molecule has 1 aliphatic rings. The number of hydrogen-bond donors (Lipinski definition) is 0. The minimum Gasteiger partial charge on any atom is -0.135 e. The van der Waals surface area contributed by atoms with Crippen LogP contribution in [0, 0.1) is 0 Å². The zero-order chi connectivity index (χ0) is 30.6. The summed E-state index contributed by atoms with van der Waals surface area (Å²) < 4.78 is 2.67. The Morgan fingerprint density at radius 2 is 0.848 bits per heavy atom. The van der Waals surface area contributed by atoms with Gasteiger partial charge < -0.3 is 0 Å². The average Bonchev–Trinajstić information content (AvgIpc) is 3.59. The molecule has 0 atom stereocenters. The third-order valence-corrected chi connectivity index (χ3v) is 11.6. The highest BCUT2D eigenvalue weighted by molar-refractivity contribution is 7.25. The van der Waals surface area contributed by atoms with E-state index in [1.165, 1.54) is 97.0 Å². The molecule has 0 bridgehead atoms. The zero-order valence-corrected chi connectivity index (χ0v) is 26.6. The van der Waals surface area contributed by atoms with Gasteiger partial charge in [-0.15, -0.1) is 11.3 Å². The maximum Gasteiger partial charge on any atom is 0.0361 e. The molecular formula is C45H30S. The Hall–Kier alpha value is -5.24. The molecule has 1 heterocycles. The molecule has 8 aromatic carbocycles. The van der Waals surface area contributed by atoms with Crippen molar-refractivity contribution in [1.29, 1.82) is 0 Å². The van der Waals surface area contributed by atoms with Crippen molar-refractivity contribution in [2.24, 2.45) is 0 Å². The number of thiophene rings is 1. The van der Waals surface area contributed by atoms with E-state index in [9.17, 15) is 0 Å². The van der Waals surface area contributed by atoms with Gasteiger partial charge in [-0.05, 0) is 95.0 Å². The lowest BCUT2D eigenvalue weighted by Gasteiger charge is -2.24. The standard InChI is InChI=1S/C45H30S/c1-45(2)37-23-11-9-20-33(37)43-28-15-4-3-14-27(28)36(26-38(43)45)42-31-18-7-5-16-29(31)41(30-17-6-8-19-32(30)42)35-22-13-25-40-44(35)34-21-10-12-24-39(34)46-40/h3-26H,1-2H3. The Labute approximate surface area is 272 Å². The van der Waals surface area contributed by atoms with Crippen LogP contribution in [0.25, 0.3) is 85.9 Å². The predicted octanol–water partition coefficient (Wildman–Crippen LogP) is 13.2. The summed E-state index contributed by atoms with van der Waals surface area (Å²) in [6.45, 7) is 4.78. The predicted molar refractivity (Wildman–Crippen MR) is 200 cm³/mol. The lowest BCUT2D eigenvalue weighted by atomic mass is 9.79. The largest absolute Gasteiger partial charge is 0.135 e. The Morgan fingerprint density at radius 3 is 1.52 bits per heavy atom. The molecule has 10 rings (SSSR count). The van der Waals surface area contributed by atoms with E-state index in [2.05, 4.69) is 159 Å². The van der Waals surface area contributed by atoms with E-state index >= 15 is 0 Å². The van der Waals surface area contributed by atoms with E-state index in [0.717, 1.165) is 0 Å². The van der Waals surface area contributed by atoms with E-state index in [4.69, 9.17) is 0 Å². The first-order valence-electron chi connectivity index (χ1n) is 16.1. The van der Waals surface area contributed by atoms with Gasteiger partial charge in [-0.25, -0.2) is 0 Å². The zero-order valence-electron chi connectivity index (χ0n) is 25.8. The highest BCUT2D eigenvalue weighted by Crippen LogP contribution is 2.55. The monoisotopic (exact) mass is 602 g/mol. The molecular weight excluding hydrogens is 573 g/mol. The van der Waals surface area contributed by atoms with E-state index in [1.807, 2.05) is 11.3 Å². The molecule has 0 fully saturated rings. The summed E-state index contributed by atoms with van der Waals surface area (Å²) in [7, 11) is 0. The van der Waals surface area contributed by atoms with Gasteiger partial charge in [0.05, 0.1) is 0 Å². The molecule has 46 heavy (non-hydrogen) atoms. The molecule has 0 amide bonds. The average molecular weight is 603 g/mol. The van der Waals surface area contributed by atoms with Gasteiger partial charge in [0.25, 0.3) is 0 Å². The molecule has 0 spiro atoms. The van der Waals surface area contributed by atoms with Crippen molar-refractivity contribution < 1.29 is 0 Å². The number of benzene rings is 8. The summed E-state index contributed by atoms with van der Waals surface area (Å²) in [6.07, 6.45) is 0. The van der Waals surface area contributed by atoms with Crippen molar-refractivity contribution in [1.82, 2.24) is 0 Å². The van der Waals surface area contributed by atoms with Crippen LogP contribution < -0.4 is 0 Å². The summed E-state index contributed by atoms with van der Waals surface area (Å²) in [4.78, 5) is 0. The molecule has 0 N–H and O–H groups in total. The minimum atomic E-state index is -0.0914. The molecule has 1 aromatic heterocycles. The SMILES string of the molecule is CC1(C)c2ccccc2-c2c1cc(-c1c3ccccc3c(-c3cccc4sc5ccccc5c34)c3ccccc13)c1ccccc21. The minimum absolute atomic E-state index is 0.0914. The highest BCUT2D eigenvalue weighted by Gasteiger charge is 2.37. The normalized spacial score (nSPS) is 13.6. The van der Waals surface area contributed by atoms with Crippen LogP contribution in [0.5, 0.6) is 0 Å². The van der Waals surface area contributed by atoms with Gasteiger partial charge in [0, 0.05) is 25.6 Å². The van der Waals surface area contributed by atoms with Gasteiger partial charge in [-0.1, -0.05) is 141 Å². The molecule has 216 valence electrons. The Bertz CT molecular complexity index is 2660. The fraction of sp³-hybridized carbons (Fsp3) is 0.0667. The van der Waals surface area contributed by atoms with Crippen LogP contribution in [0.4, 0.5) is 0 Å². The van der Waals surface area contributed by atoms with Crippen LogP contribution in [0.1, 0.15) is 25.0 Å². The van der Waals surface area contributed by atoms with Crippen LogP contribution in [0.3, 0.4) is 0 Å². The molecule has 1 heteroatoms. The van der Waals surface area contributed by atoms with Crippen LogP contribution in [0.15, 0.2) is 146 Å². The Balaban J connectivity index is 1.38. The maximum atomic E-state index is 2.53. The molecule has 0 saturated heterocycles. The fourth-order valence-electron chi connectivity index (χ4n) is 8.45. The van der Waals surface area contributed by atoms with Gasteiger partial charge in [0.2, 0.25) is 0 Å². The van der Waals surface area contributed by atoms with Crippen molar-refractivity contribution >= 4 is 63.8 Å². The number of rotatable bonds is 2. The second-order valence-electron chi connectivity index (χ2n) is 13.2. The highest BCUT2D eigenvalue weighted by atomic mass is 32.1. The first kappa shape index (κ1) is 26.0. The molecule has 1 aliphatic carbocycles. The topological polar surface area (TPSA) is 0 Å². The fourth-order valence-corrected chi connectivity index (χ4v) is 9.58. The molecule has 9 aromatic rings. The van der Waals surface area contributed by atoms with Crippen LogP contribution in [0.2, 0.25) is 0 Å². The van der Waals surface area contributed by atoms with Gasteiger partial charge in [0.15, 0.2) is 0 Å². The van der Waals surface area contributed by atoms with E-state index in [1.54, 1.807) is 0 Å². The van der Waals surface area contributed by atoms with E-state index in [-0.39, 0.29) is 5.41 Å². The third kappa shape index (κ3) is 3.39. The molecule has 0 radical (unpaired) electrons. The van der Waals surface area contributed by atoms with Gasteiger partial charge in [-0.2, -0.15) is 0 Å². The summed E-state index contributed by atoms with van der Waals surface area (Å²) in [6, 6.07) is 54.5. The van der Waals surface area contributed by atoms with Crippen molar-refractivity contribution in [3.63, 3.8) is 0 Å². The third-order valence-electron chi connectivity index (χ3n) is 10.5. The lowest BCUT2D eigenvalue weighted by Crippen LogP contribution is -2.15. The van der Waals surface area contributed by atoms with Crippen molar-refractivity contribution in [3.05, 3.63) is 157 Å². The van der Waals surface area contributed by atoms with Gasteiger partial charge in [0.1, 0.15) is 0 Å². The van der Waals surface area contributed by atoms with Crippen molar-refractivity contribution in [3.8, 4) is 33.4 Å². The first-order chi connectivity index (χ1) is 22.6. The summed E-state index contributed by atoms with van der Waals surface area (Å²) >= 11 is 1.89. The summed E-state index contributed by atoms with van der Waals surface area (Å²) in [5.74, 6) is 0. The maximum absolute atomic E-state index is 2.53. The van der Waals surface area contributed by atoms with E-state index in [0.29, 0.717) is 0 Å². The number of fused-ring (bicyclic) bond motifs is 10. The quantitative estimate of drug-likeness (QED) is 0.173. The first-order valence-corrected chi connectivity index (χ1v) is 16.9. The second kappa shape index (κ2) is 9.39. The van der Waals surface area contributed by atoms with E-state index < -0.39 is 0 Å². The Kier molecular flexibility index (Phi) is 5.31. The van der Waals surface area contributed by atoms with Crippen LogP contribution in [-0.4, -0.2) is 0 Å². The molecule has 0 aliphatic heterocycles. The molecule has 0 saturated carbocycles. The van der Waals surface area contributed by atoms with Gasteiger partial charge >= 0.3 is 0 Å². The van der Waals surface area contributed by atoms with Crippen molar-refractivity contribution in [2.45, 2.75) is 19.3 Å². The smallest absolute Gasteiger partial charge is 0.0361 e. The number of hydrogen-bond acceptors (Lipinski definition) is 1. The molecule has 0 nitrogen and oxygen atoms in total. The van der Waals surface area contributed by atoms with Crippen LogP contribution in [-0.2, 0) is 5.41 Å². The Morgan fingerprint density at radius 1 is 0.370 bits per heavy atom. The van der Waals surface area contributed by atoms with Crippen molar-refractivity contribution in [2.75, 3.05) is 0 Å². The van der Waals surface area contributed by atoms with Gasteiger partial charge in [-0.3, -0.25) is 0 Å². The lowest BCUT2D eigenvalue weighted by molar-refractivity contribution is 0.661. The van der Waals surface area contributed by atoms with Crippen LogP contribution >= 0.6 is 11.3 Å². The summed E-state index contributed by atoms with van der Waals surface area (Å²) in [5, 5.41) is 10.5.